The lowest BCUT2D eigenvalue weighted by molar-refractivity contribution is 0.130. The molecule has 0 aliphatic carbocycles. The molecule has 2 unspecified atom stereocenters. The Morgan fingerprint density at radius 3 is 2.54 bits per heavy atom. The minimum absolute atomic E-state index is 0.142. The molecule has 2 saturated heterocycles. The van der Waals surface area contributed by atoms with Gasteiger partial charge in [-0.25, -0.2) is 4.68 Å². The topological polar surface area (TPSA) is 85.1 Å². The number of hydrogen-bond acceptors (Lipinski definition) is 6. The molecule has 2 fully saturated rings. The summed E-state index contributed by atoms with van der Waals surface area (Å²) in [5.41, 5.74) is 2.96. The van der Waals surface area contributed by atoms with E-state index in [2.05, 4.69) is 20.6 Å². The number of aryl methyl sites for hydroxylation is 1. The molecule has 2 aliphatic heterocycles. The molecule has 2 N–H and O–H groups in total. The van der Waals surface area contributed by atoms with Crippen LogP contribution in [0.2, 0.25) is 0 Å². The molecule has 28 heavy (non-hydrogen) atoms. The predicted octanol–water partition coefficient (Wildman–Crippen LogP) is 3.01. The number of hydrogen-bond donors (Lipinski definition) is 2. The largest absolute Gasteiger partial charge is 0.507 e. The van der Waals surface area contributed by atoms with Crippen LogP contribution in [0, 0.1) is 6.92 Å². The molecule has 2 bridgehead atoms. The second-order valence-electron chi connectivity index (χ2n) is 7.71. The zero-order valence-electron chi connectivity index (χ0n) is 15.7. The van der Waals surface area contributed by atoms with Gasteiger partial charge < -0.3 is 15.2 Å². The second-order valence-corrected chi connectivity index (χ2v) is 7.71. The summed E-state index contributed by atoms with van der Waals surface area (Å²) in [6.45, 7) is 1.93. The molecule has 144 valence electrons. The highest BCUT2D eigenvalue weighted by molar-refractivity contribution is 5.68. The molecule has 7 nitrogen and oxygen atoms in total. The van der Waals surface area contributed by atoms with Crippen molar-refractivity contribution < 1.29 is 9.84 Å². The zero-order chi connectivity index (χ0) is 19.1. The van der Waals surface area contributed by atoms with E-state index in [-0.39, 0.29) is 11.9 Å². The average molecular weight is 377 g/mol. The van der Waals surface area contributed by atoms with Gasteiger partial charge in [0.2, 0.25) is 5.88 Å². The molecule has 0 saturated carbocycles. The summed E-state index contributed by atoms with van der Waals surface area (Å²) in [5, 5.41) is 26.9. The lowest BCUT2D eigenvalue weighted by Gasteiger charge is -2.28. The standard InChI is InChI=1S/C21H23N5O2/c1-13-8-9-26(25-13)16-4-5-18(20(27)12-16)19-6-7-21(24-23-19)28-17-10-14-2-3-15(11-17)22-14/h4-9,12,14-15,17,22,27H,2-3,10-11H2,1H3. The molecule has 4 heterocycles. The number of aromatic nitrogens is 4. The summed E-state index contributed by atoms with van der Waals surface area (Å²) in [5.74, 6) is 0.682. The number of phenols is 1. The first-order valence-corrected chi connectivity index (χ1v) is 9.76. The fourth-order valence-corrected chi connectivity index (χ4v) is 4.24. The van der Waals surface area contributed by atoms with Crippen molar-refractivity contribution in [2.75, 3.05) is 0 Å². The van der Waals surface area contributed by atoms with Gasteiger partial charge in [0.05, 0.1) is 17.1 Å². The predicted molar refractivity (Wildman–Crippen MR) is 105 cm³/mol. The maximum absolute atomic E-state index is 10.5. The number of piperidine rings is 1. The normalized spacial score (nSPS) is 23.7. The molecular formula is C21H23N5O2. The Morgan fingerprint density at radius 2 is 1.89 bits per heavy atom. The van der Waals surface area contributed by atoms with Crippen LogP contribution in [0.15, 0.2) is 42.6 Å². The Morgan fingerprint density at radius 1 is 1.07 bits per heavy atom. The fourth-order valence-electron chi connectivity index (χ4n) is 4.24. The maximum Gasteiger partial charge on any atom is 0.233 e. The van der Waals surface area contributed by atoms with E-state index in [9.17, 15) is 5.11 Å². The Kier molecular flexibility index (Phi) is 4.24. The van der Waals surface area contributed by atoms with Crippen LogP contribution in [-0.2, 0) is 0 Å². The van der Waals surface area contributed by atoms with Crippen molar-refractivity contribution in [3.8, 4) is 28.6 Å². The number of ether oxygens (including phenoxy) is 1. The quantitative estimate of drug-likeness (QED) is 0.727. The van der Waals surface area contributed by atoms with E-state index >= 15 is 0 Å². The van der Waals surface area contributed by atoms with Gasteiger partial charge in [0.25, 0.3) is 0 Å². The van der Waals surface area contributed by atoms with Crippen LogP contribution in [0.1, 0.15) is 31.4 Å². The van der Waals surface area contributed by atoms with Crippen molar-refractivity contribution in [2.24, 2.45) is 0 Å². The summed E-state index contributed by atoms with van der Waals surface area (Å²) in [7, 11) is 0. The smallest absolute Gasteiger partial charge is 0.233 e. The summed E-state index contributed by atoms with van der Waals surface area (Å²) in [6, 6.07) is 12.1. The van der Waals surface area contributed by atoms with E-state index < -0.39 is 0 Å². The number of rotatable bonds is 4. The first-order valence-electron chi connectivity index (χ1n) is 9.76. The van der Waals surface area contributed by atoms with Gasteiger partial charge in [-0.2, -0.15) is 5.10 Å². The van der Waals surface area contributed by atoms with Crippen LogP contribution in [0.3, 0.4) is 0 Å². The molecule has 0 radical (unpaired) electrons. The molecule has 3 aromatic rings. The number of benzene rings is 1. The Hall–Kier alpha value is -2.93. The molecule has 2 atom stereocenters. The van der Waals surface area contributed by atoms with E-state index in [0.29, 0.717) is 29.2 Å². The molecule has 2 aliphatic rings. The van der Waals surface area contributed by atoms with Crippen LogP contribution in [-0.4, -0.2) is 43.3 Å². The maximum atomic E-state index is 10.5. The van der Waals surface area contributed by atoms with Gasteiger partial charge in [0.15, 0.2) is 0 Å². The molecule has 5 rings (SSSR count). The van der Waals surface area contributed by atoms with Gasteiger partial charge in [0.1, 0.15) is 11.9 Å². The van der Waals surface area contributed by atoms with Crippen molar-refractivity contribution in [1.82, 2.24) is 25.3 Å². The lowest BCUT2D eigenvalue weighted by Crippen LogP contribution is -2.42. The van der Waals surface area contributed by atoms with Crippen molar-refractivity contribution in [3.63, 3.8) is 0 Å². The number of nitrogens with zero attached hydrogens (tertiary/aromatic N) is 4. The van der Waals surface area contributed by atoms with Crippen molar-refractivity contribution >= 4 is 0 Å². The third kappa shape index (κ3) is 3.33. The van der Waals surface area contributed by atoms with Crippen LogP contribution in [0.25, 0.3) is 16.9 Å². The van der Waals surface area contributed by atoms with Gasteiger partial charge in [0, 0.05) is 36.0 Å². The van der Waals surface area contributed by atoms with E-state index in [4.69, 9.17) is 4.74 Å². The minimum Gasteiger partial charge on any atom is -0.507 e. The highest BCUT2D eigenvalue weighted by Crippen LogP contribution is 2.31. The Balaban J connectivity index is 1.31. The second kappa shape index (κ2) is 6.91. The number of nitrogens with one attached hydrogen (secondary N) is 1. The highest BCUT2D eigenvalue weighted by Gasteiger charge is 2.34. The monoisotopic (exact) mass is 377 g/mol. The molecule has 0 amide bonds. The molecule has 0 spiro atoms. The van der Waals surface area contributed by atoms with Gasteiger partial charge in [-0.05, 0) is 56.9 Å². The zero-order valence-corrected chi connectivity index (χ0v) is 15.7. The van der Waals surface area contributed by atoms with Gasteiger partial charge in [-0.1, -0.05) is 0 Å². The third-order valence-electron chi connectivity index (χ3n) is 5.60. The van der Waals surface area contributed by atoms with E-state index in [1.165, 1.54) is 12.8 Å². The third-order valence-corrected chi connectivity index (χ3v) is 5.60. The van der Waals surface area contributed by atoms with E-state index in [0.717, 1.165) is 24.2 Å². The highest BCUT2D eigenvalue weighted by atomic mass is 16.5. The van der Waals surface area contributed by atoms with Crippen molar-refractivity contribution in [2.45, 2.75) is 50.8 Å². The Labute approximate surface area is 163 Å². The molecule has 2 aromatic heterocycles. The summed E-state index contributed by atoms with van der Waals surface area (Å²) in [6.07, 6.45) is 6.59. The van der Waals surface area contributed by atoms with Gasteiger partial charge in [-0.15, -0.1) is 10.2 Å². The van der Waals surface area contributed by atoms with Crippen molar-refractivity contribution in [3.05, 3.63) is 48.3 Å². The Bertz CT molecular complexity index is 973. The van der Waals surface area contributed by atoms with Crippen molar-refractivity contribution in [1.29, 1.82) is 0 Å². The van der Waals surface area contributed by atoms with E-state index in [1.807, 2.05) is 43.5 Å². The van der Waals surface area contributed by atoms with E-state index in [1.54, 1.807) is 10.7 Å². The van der Waals surface area contributed by atoms with Crippen LogP contribution < -0.4 is 10.1 Å². The SMILES string of the molecule is Cc1ccn(-c2ccc(-c3ccc(OC4CC5CCC(C4)N5)nn3)c(O)c2)n1. The number of fused-ring (bicyclic) bond motifs is 2. The first-order chi connectivity index (χ1) is 13.6. The fraction of sp³-hybridized carbons (Fsp3) is 0.381. The number of phenolic OH excluding ortho intramolecular Hbond substituents is 1. The van der Waals surface area contributed by atoms with Crippen LogP contribution >= 0.6 is 0 Å². The summed E-state index contributed by atoms with van der Waals surface area (Å²) in [4.78, 5) is 0. The minimum atomic E-state index is 0.142. The average Bonchev–Trinajstić information content (AvgIpc) is 3.27. The summed E-state index contributed by atoms with van der Waals surface area (Å²) < 4.78 is 7.78. The van der Waals surface area contributed by atoms with Crippen LogP contribution in [0.5, 0.6) is 11.6 Å². The molecular weight excluding hydrogens is 354 g/mol. The number of aromatic hydroxyl groups is 1. The first kappa shape index (κ1) is 17.2. The summed E-state index contributed by atoms with van der Waals surface area (Å²) >= 11 is 0. The van der Waals surface area contributed by atoms with Crippen LogP contribution in [0.4, 0.5) is 0 Å². The molecule has 1 aromatic carbocycles. The molecule has 7 heteroatoms. The van der Waals surface area contributed by atoms with Gasteiger partial charge in [-0.3, -0.25) is 0 Å². The van der Waals surface area contributed by atoms with Gasteiger partial charge >= 0.3 is 0 Å². The lowest BCUT2D eigenvalue weighted by atomic mass is 10.0.